The third-order valence-corrected chi connectivity index (χ3v) is 7.42. The second kappa shape index (κ2) is 11.6. The minimum Gasteiger partial charge on any atom is -0.493 e. The lowest BCUT2D eigenvalue weighted by atomic mass is 9.84. The van der Waals surface area contributed by atoms with E-state index in [2.05, 4.69) is 47.4 Å². The van der Waals surface area contributed by atoms with Crippen LogP contribution in [0.15, 0.2) is 42.6 Å². The first-order valence-electron chi connectivity index (χ1n) is 12.7. The average molecular weight is 450 g/mol. The number of carbonyl (C=O) groups is 1. The van der Waals surface area contributed by atoms with Crippen LogP contribution in [-0.4, -0.2) is 48.6 Å². The van der Waals surface area contributed by atoms with Crippen molar-refractivity contribution in [2.24, 2.45) is 11.8 Å². The predicted octanol–water partition coefficient (Wildman–Crippen LogP) is 5.10. The maximum Gasteiger partial charge on any atom is 0.226 e. The number of amides is 1. The molecule has 178 valence electrons. The number of benzene rings is 1. The van der Waals surface area contributed by atoms with Crippen LogP contribution in [0.1, 0.15) is 57.6 Å². The second-order valence-electron chi connectivity index (χ2n) is 10.1. The molecule has 1 N–H and O–H groups in total. The van der Waals surface area contributed by atoms with E-state index in [0.29, 0.717) is 18.3 Å². The molecular weight excluding hydrogens is 410 g/mol. The molecule has 33 heavy (non-hydrogen) atoms. The van der Waals surface area contributed by atoms with Gasteiger partial charge in [0.25, 0.3) is 0 Å². The van der Waals surface area contributed by atoms with Crippen LogP contribution in [0.25, 0.3) is 11.1 Å². The largest absolute Gasteiger partial charge is 0.493 e. The van der Waals surface area contributed by atoms with Crippen molar-refractivity contribution >= 4 is 5.91 Å². The van der Waals surface area contributed by atoms with Gasteiger partial charge in [0, 0.05) is 23.5 Å². The minimum absolute atomic E-state index is 0.0689. The Morgan fingerprint density at radius 2 is 1.73 bits per heavy atom. The van der Waals surface area contributed by atoms with Crippen LogP contribution < -0.4 is 10.1 Å². The second-order valence-corrected chi connectivity index (χ2v) is 10.1. The van der Waals surface area contributed by atoms with Gasteiger partial charge in [-0.2, -0.15) is 0 Å². The first-order chi connectivity index (χ1) is 16.1. The summed E-state index contributed by atoms with van der Waals surface area (Å²) in [6.45, 7) is 5.27. The van der Waals surface area contributed by atoms with Gasteiger partial charge in [0.2, 0.25) is 5.91 Å². The summed E-state index contributed by atoms with van der Waals surface area (Å²) in [5.74, 6) is 2.26. The van der Waals surface area contributed by atoms with Crippen LogP contribution in [0.4, 0.5) is 0 Å². The molecule has 1 saturated heterocycles. The highest BCUT2D eigenvalue weighted by atomic mass is 16.5. The van der Waals surface area contributed by atoms with Gasteiger partial charge in [0.05, 0.1) is 13.0 Å². The number of pyridine rings is 1. The van der Waals surface area contributed by atoms with Gasteiger partial charge in [-0.25, -0.2) is 0 Å². The van der Waals surface area contributed by atoms with Crippen molar-refractivity contribution < 1.29 is 9.53 Å². The number of hydrogen-bond acceptors (Lipinski definition) is 4. The lowest BCUT2D eigenvalue weighted by Gasteiger charge is -2.28. The summed E-state index contributed by atoms with van der Waals surface area (Å²) >= 11 is 0. The fourth-order valence-corrected chi connectivity index (χ4v) is 5.11. The van der Waals surface area contributed by atoms with Crippen molar-refractivity contribution in [1.29, 1.82) is 0 Å². The monoisotopic (exact) mass is 449 g/mol. The van der Waals surface area contributed by atoms with Gasteiger partial charge in [-0.1, -0.05) is 37.5 Å². The van der Waals surface area contributed by atoms with Crippen LogP contribution in [0.2, 0.25) is 0 Å². The van der Waals surface area contributed by atoms with E-state index in [9.17, 15) is 4.79 Å². The van der Waals surface area contributed by atoms with Crippen molar-refractivity contribution in [2.75, 3.05) is 26.7 Å². The van der Waals surface area contributed by atoms with E-state index in [0.717, 1.165) is 42.3 Å². The molecular formula is C28H39N3O2. The Kier molecular flexibility index (Phi) is 8.38. The minimum atomic E-state index is 0.0689. The van der Waals surface area contributed by atoms with Crippen LogP contribution in [-0.2, 0) is 11.2 Å². The summed E-state index contributed by atoms with van der Waals surface area (Å²) < 4.78 is 6.03. The molecule has 5 nitrogen and oxygen atoms in total. The first-order valence-corrected chi connectivity index (χ1v) is 12.7. The molecule has 1 aromatic carbocycles. The van der Waals surface area contributed by atoms with Gasteiger partial charge >= 0.3 is 0 Å². The molecule has 0 bridgehead atoms. The third kappa shape index (κ3) is 7.04. The Morgan fingerprint density at radius 1 is 1.03 bits per heavy atom. The zero-order valence-electron chi connectivity index (χ0n) is 20.3. The highest BCUT2D eigenvalue weighted by Gasteiger charge is 2.21. The number of rotatable bonds is 8. The molecule has 4 rings (SSSR count). The van der Waals surface area contributed by atoms with E-state index in [4.69, 9.17) is 4.74 Å². The Labute approximate surface area is 198 Å². The van der Waals surface area contributed by atoms with Crippen LogP contribution >= 0.6 is 0 Å². The Bertz CT molecular complexity index is 867. The molecule has 5 heteroatoms. The fraction of sp³-hybridized carbons (Fsp3) is 0.571. The molecule has 0 unspecified atom stereocenters. The maximum absolute atomic E-state index is 12.5. The van der Waals surface area contributed by atoms with E-state index >= 15 is 0 Å². The molecule has 2 aromatic rings. The quantitative estimate of drug-likeness (QED) is 0.609. The number of hydrogen-bond donors (Lipinski definition) is 1. The van der Waals surface area contributed by atoms with Gasteiger partial charge in [0.1, 0.15) is 5.75 Å². The van der Waals surface area contributed by atoms with Gasteiger partial charge in [-0.15, -0.1) is 0 Å². The third-order valence-electron chi connectivity index (χ3n) is 7.42. The van der Waals surface area contributed by atoms with Crippen molar-refractivity contribution in [3.05, 3.63) is 48.3 Å². The van der Waals surface area contributed by atoms with Gasteiger partial charge in [-0.3, -0.25) is 9.78 Å². The number of carbonyl (C=O) groups excluding carboxylic acids is 1. The molecule has 2 aliphatic rings. The van der Waals surface area contributed by atoms with Crippen molar-refractivity contribution in [2.45, 2.75) is 64.3 Å². The zero-order valence-corrected chi connectivity index (χ0v) is 20.3. The number of likely N-dealkylation sites (tertiary alicyclic amines) is 1. The molecule has 1 aliphatic carbocycles. The van der Waals surface area contributed by atoms with Gasteiger partial charge < -0.3 is 15.0 Å². The van der Waals surface area contributed by atoms with Crippen molar-refractivity contribution in [3.8, 4) is 16.9 Å². The summed E-state index contributed by atoms with van der Waals surface area (Å²) in [7, 11) is 2.19. The highest BCUT2D eigenvalue weighted by Crippen LogP contribution is 2.26. The topological polar surface area (TPSA) is 54.5 Å². The summed E-state index contributed by atoms with van der Waals surface area (Å²) in [5.41, 5.74) is 2.97. The van der Waals surface area contributed by atoms with Gasteiger partial charge in [0.15, 0.2) is 0 Å². The van der Waals surface area contributed by atoms with E-state index in [-0.39, 0.29) is 11.9 Å². The van der Waals surface area contributed by atoms with E-state index < -0.39 is 0 Å². The molecule has 1 amide bonds. The van der Waals surface area contributed by atoms with E-state index in [1.807, 2.05) is 24.4 Å². The van der Waals surface area contributed by atoms with Crippen molar-refractivity contribution in [1.82, 2.24) is 15.2 Å². The molecule has 1 aliphatic heterocycles. The lowest BCUT2D eigenvalue weighted by molar-refractivity contribution is -0.121. The SMILES string of the molecule is C[C@H](NC(=O)Cc1ccc(-c2ccc(OCC3CCN(C)CC3)cc2)cn1)C1CCCCC1. The fourth-order valence-electron chi connectivity index (χ4n) is 5.11. The predicted molar refractivity (Wildman–Crippen MR) is 133 cm³/mol. The maximum atomic E-state index is 12.5. The molecule has 1 saturated carbocycles. The summed E-state index contributed by atoms with van der Waals surface area (Å²) in [6, 6.07) is 12.5. The van der Waals surface area contributed by atoms with E-state index in [1.165, 1.54) is 44.9 Å². The zero-order chi connectivity index (χ0) is 23.0. The van der Waals surface area contributed by atoms with Gasteiger partial charge in [-0.05, 0) is 88.3 Å². The normalized spacial score (nSPS) is 19.2. The molecule has 0 radical (unpaired) electrons. The average Bonchev–Trinajstić information content (AvgIpc) is 2.85. The van der Waals surface area contributed by atoms with Crippen LogP contribution in [0, 0.1) is 11.8 Å². The molecule has 1 aromatic heterocycles. The van der Waals surface area contributed by atoms with Crippen LogP contribution in [0.5, 0.6) is 5.75 Å². The summed E-state index contributed by atoms with van der Waals surface area (Å²) in [5, 5.41) is 3.19. The number of nitrogens with zero attached hydrogens (tertiary/aromatic N) is 2. The Balaban J connectivity index is 1.24. The molecule has 2 heterocycles. The number of piperidine rings is 1. The van der Waals surface area contributed by atoms with Crippen molar-refractivity contribution in [3.63, 3.8) is 0 Å². The molecule has 1 atom stereocenters. The highest BCUT2D eigenvalue weighted by molar-refractivity contribution is 5.78. The molecule has 2 fully saturated rings. The number of aromatic nitrogens is 1. The smallest absolute Gasteiger partial charge is 0.226 e. The molecule has 0 spiro atoms. The Hall–Kier alpha value is -2.40. The summed E-state index contributed by atoms with van der Waals surface area (Å²) in [4.78, 5) is 19.4. The number of ether oxygens (including phenoxy) is 1. The standard InChI is InChI=1S/C28H39N3O2/c1-21(23-6-4-3-5-7-23)30-28(32)18-26-11-8-25(19-29-26)24-9-12-27(13-10-24)33-20-22-14-16-31(2)17-15-22/h8-13,19,21-23H,3-7,14-18,20H2,1-2H3,(H,30,32)/t21-/m0/s1. The lowest BCUT2D eigenvalue weighted by Crippen LogP contribution is -2.39. The number of nitrogens with one attached hydrogen (secondary N) is 1. The van der Waals surface area contributed by atoms with E-state index in [1.54, 1.807) is 0 Å². The summed E-state index contributed by atoms with van der Waals surface area (Å²) in [6.07, 6.45) is 11.0. The Morgan fingerprint density at radius 3 is 2.39 bits per heavy atom. The first kappa shape index (κ1) is 23.7. The van der Waals surface area contributed by atoms with Crippen LogP contribution in [0.3, 0.4) is 0 Å².